The number of aliphatic hydroxyl groups excluding tert-OH is 1. The first-order valence-corrected chi connectivity index (χ1v) is 15.6. The lowest BCUT2D eigenvalue weighted by Gasteiger charge is -2.37. The number of nitrogens with zero attached hydrogens (tertiary/aromatic N) is 2. The molecular weight excluding hydrogens is 636 g/mol. The van der Waals surface area contributed by atoms with Crippen LogP contribution in [0.25, 0.3) is 22.0 Å². The molecule has 7 rings (SSSR count). The number of carboxylic acids is 1. The second kappa shape index (κ2) is 12.9. The lowest BCUT2D eigenvalue weighted by atomic mass is 9.87. The van der Waals surface area contributed by atoms with Gasteiger partial charge >= 0.3 is 12.1 Å². The standard InChI is InChI=1S/C35H32F4N2O7/c36-15-19-17-41(18-19)9-10-45-23-4-1-20(2-5-23)33-32-26-8-6-24(46-31-13-22(42)12-30(47-31)34(43)44)14-28(26)40-16-27(32)25-7-3-21(35(37,38)39)11-29(25)48-33/h1-8,11,14,16,19,22,30-31,33,42H,9-10,12-13,15,17-18H2,(H,43,44). The highest BCUT2D eigenvalue weighted by atomic mass is 19.4. The first-order valence-electron chi connectivity index (χ1n) is 15.6. The predicted octanol–water partition coefficient (Wildman–Crippen LogP) is 6.01. The average molecular weight is 669 g/mol. The predicted molar refractivity (Wildman–Crippen MR) is 165 cm³/mol. The molecule has 3 aliphatic rings. The van der Waals surface area contributed by atoms with Crippen LogP contribution in [0.4, 0.5) is 17.6 Å². The summed E-state index contributed by atoms with van der Waals surface area (Å²) in [4.78, 5) is 18.2. The quantitative estimate of drug-likeness (QED) is 0.207. The number of hydrogen-bond donors (Lipinski definition) is 2. The van der Waals surface area contributed by atoms with Crippen molar-refractivity contribution < 1.29 is 51.5 Å². The number of carboxylic acid groups (broad SMARTS) is 1. The molecule has 252 valence electrons. The number of fused-ring (bicyclic) bond motifs is 5. The lowest BCUT2D eigenvalue weighted by Crippen LogP contribution is -2.49. The number of rotatable bonds is 9. The van der Waals surface area contributed by atoms with E-state index in [0.29, 0.717) is 70.9 Å². The summed E-state index contributed by atoms with van der Waals surface area (Å²) >= 11 is 0. The molecule has 13 heteroatoms. The van der Waals surface area contributed by atoms with Crippen LogP contribution in [0.2, 0.25) is 0 Å². The van der Waals surface area contributed by atoms with Gasteiger partial charge in [0.2, 0.25) is 6.29 Å². The van der Waals surface area contributed by atoms with Gasteiger partial charge in [-0.1, -0.05) is 12.1 Å². The van der Waals surface area contributed by atoms with E-state index < -0.39 is 42.3 Å². The van der Waals surface area contributed by atoms with Gasteiger partial charge in [0, 0.05) is 72.7 Å². The van der Waals surface area contributed by atoms with E-state index in [1.54, 1.807) is 48.7 Å². The van der Waals surface area contributed by atoms with E-state index >= 15 is 0 Å². The Morgan fingerprint density at radius 2 is 1.77 bits per heavy atom. The fourth-order valence-electron chi connectivity index (χ4n) is 6.44. The molecule has 9 nitrogen and oxygen atoms in total. The number of benzene rings is 3. The lowest BCUT2D eigenvalue weighted by molar-refractivity contribution is -0.195. The van der Waals surface area contributed by atoms with Crippen molar-refractivity contribution >= 4 is 16.9 Å². The van der Waals surface area contributed by atoms with E-state index in [4.69, 9.17) is 18.9 Å². The molecule has 0 amide bonds. The third-order valence-electron chi connectivity index (χ3n) is 8.91. The van der Waals surface area contributed by atoms with Gasteiger partial charge in [-0.2, -0.15) is 13.2 Å². The van der Waals surface area contributed by atoms with Crippen molar-refractivity contribution in [2.75, 3.05) is 32.9 Å². The number of aliphatic carboxylic acids is 1. The Hall–Kier alpha value is -4.46. The van der Waals surface area contributed by atoms with Gasteiger partial charge in [0.1, 0.15) is 23.9 Å². The molecule has 0 radical (unpaired) electrons. The van der Waals surface area contributed by atoms with Crippen LogP contribution in [-0.2, 0) is 15.7 Å². The molecule has 3 aromatic carbocycles. The van der Waals surface area contributed by atoms with Gasteiger partial charge in [0.05, 0.1) is 23.9 Å². The molecule has 48 heavy (non-hydrogen) atoms. The first kappa shape index (κ1) is 32.1. The van der Waals surface area contributed by atoms with E-state index in [0.717, 1.165) is 12.1 Å². The van der Waals surface area contributed by atoms with Crippen LogP contribution < -0.4 is 14.2 Å². The van der Waals surface area contributed by atoms with Crippen LogP contribution in [0.3, 0.4) is 0 Å². The van der Waals surface area contributed by atoms with Gasteiger partial charge < -0.3 is 29.2 Å². The summed E-state index contributed by atoms with van der Waals surface area (Å²) in [6.07, 6.45) is -6.82. The minimum Gasteiger partial charge on any atom is -0.492 e. The summed E-state index contributed by atoms with van der Waals surface area (Å²) in [6.45, 7) is 2.22. The minimum atomic E-state index is -4.56. The number of ether oxygens (including phenoxy) is 4. The Morgan fingerprint density at radius 3 is 2.50 bits per heavy atom. The topological polar surface area (TPSA) is 111 Å². The van der Waals surface area contributed by atoms with Gasteiger partial charge in [0.25, 0.3) is 0 Å². The van der Waals surface area contributed by atoms with Crippen LogP contribution in [-0.4, -0.2) is 77.5 Å². The van der Waals surface area contributed by atoms with Gasteiger partial charge in [-0.3, -0.25) is 14.3 Å². The van der Waals surface area contributed by atoms with E-state index in [1.165, 1.54) is 6.07 Å². The Balaban J connectivity index is 1.19. The Bertz CT molecular complexity index is 1810. The third kappa shape index (κ3) is 6.49. The van der Waals surface area contributed by atoms with Crippen molar-refractivity contribution in [3.05, 3.63) is 83.6 Å². The normalized spacial score (nSPS) is 22.7. The molecule has 0 aliphatic carbocycles. The van der Waals surface area contributed by atoms with Crippen LogP contribution in [0.1, 0.15) is 35.6 Å². The fraction of sp³-hybridized carbons (Fsp3) is 0.371. The van der Waals surface area contributed by atoms with Gasteiger partial charge in [0.15, 0.2) is 12.2 Å². The summed E-state index contributed by atoms with van der Waals surface area (Å²) < 4.78 is 77.3. The van der Waals surface area contributed by atoms with E-state index in [9.17, 15) is 32.6 Å². The molecule has 0 spiro atoms. The van der Waals surface area contributed by atoms with Crippen molar-refractivity contribution in [3.63, 3.8) is 0 Å². The van der Waals surface area contributed by atoms with Crippen LogP contribution >= 0.6 is 0 Å². The summed E-state index contributed by atoms with van der Waals surface area (Å²) in [6, 6.07) is 15.6. The molecule has 2 saturated heterocycles. The largest absolute Gasteiger partial charge is 0.492 e. The van der Waals surface area contributed by atoms with E-state index in [2.05, 4.69) is 9.88 Å². The Labute approximate surface area is 272 Å². The van der Waals surface area contributed by atoms with Gasteiger partial charge in [-0.15, -0.1) is 0 Å². The minimum absolute atomic E-state index is 0.0400. The van der Waals surface area contributed by atoms with Crippen molar-refractivity contribution in [1.82, 2.24) is 9.88 Å². The summed E-state index contributed by atoms with van der Waals surface area (Å²) in [5.74, 6) is -0.0787. The highest BCUT2D eigenvalue weighted by molar-refractivity contribution is 5.92. The second-order valence-electron chi connectivity index (χ2n) is 12.3. The van der Waals surface area contributed by atoms with Crippen molar-refractivity contribution in [2.24, 2.45) is 5.92 Å². The summed E-state index contributed by atoms with van der Waals surface area (Å²) in [7, 11) is 0. The van der Waals surface area contributed by atoms with Crippen LogP contribution in [0, 0.1) is 5.92 Å². The van der Waals surface area contributed by atoms with Crippen molar-refractivity contribution in [3.8, 4) is 28.4 Å². The van der Waals surface area contributed by atoms with E-state index in [1.807, 2.05) is 0 Å². The molecule has 1 aromatic heterocycles. The number of alkyl halides is 4. The van der Waals surface area contributed by atoms with Crippen LogP contribution in [0.5, 0.6) is 17.2 Å². The Morgan fingerprint density at radius 1 is 1.00 bits per heavy atom. The molecule has 4 unspecified atom stereocenters. The molecule has 0 bridgehead atoms. The zero-order valence-corrected chi connectivity index (χ0v) is 25.5. The zero-order chi connectivity index (χ0) is 33.6. The van der Waals surface area contributed by atoms with Crippen LogP contribution in [0.15, 0.2) is 66.9 Å². The Kier molecular flexibility index (Phi) is 8.60. The first-order chi connectivity index (χ1) is 23.1. The highest BCUT2D eigenvalue weighted by Gasteiger charge is 2.36. The smallest absolute Gasteiger partial charge is 0.416 e. The average Bonchev–Trinajstić information content (AvgIpc) is 3.04. The molecule has 2 fully saturated rings. The number of hydrogen-bond acceptors (Lipinski definition) is 8. The van der Waals surface area contributed by atoms with Crippen molar-refractivity contribution in [2.45, 2.75) is 43.6 Å². The molecular formula is C35H32F4N2O7. The number of aromatic nitrogens is 1. The SMILES string of the molecule is O=C(O)C1CC(O)CC(Oc2ccc3c4c(cnc3c2)-c2ccc(C(F)(F)F)cc2OC4c2ccc(OCCN3CC(CF)C3)cc2)O1. The third-order valence-corrected chi connectivity index (χ3v) is 8.91. The number of carbonyl (C=O) groups is 1. The maximum Gasteiger partial charge on any atom is 0.416 e. The molecule has 4 aromatic rings. The van der Waals surface area contributed by atoms with Crippen molar-refractivity contribution in [1.29, 1.82) is 0 Å². The maximum absolute atomic E-state index is 13.7. The molecule has 0 saturated carbocycles. The van der Waals surface area contributed by atoms with E-state index in [-0.39, 0.29) is 31.2 Å². The summed E-state index contributed by atoms with van der Waals surface area (Å²) in [5, 5.41) is 20.2. The van der Waals surface area contributed by atoms with Gasteiger partial charge in [-0.05, 0) is 48.0 Å². The molecule has 4 atom stereocenters. The number of likely N-dealkylation sites (tertiary alicyclic amines) is 1. The number of halogens is 4. The maximum atomic E-state index is 13.7. The molecule has 3 aliphatic heterocycles. The monoisotopic (exact) mass is 668 g/mol. The number of pyridine rings is 1. The second-order valence-corrected chi connectivity index (χ2v) is 12.3. The zero-order valence-electron chi connectivity index (χ0n) is 25.5. The molecule has 4 heterocycles. The fourth-order valence-corrected chi connectivity index (χ4v) is 6.44. The number of aliphatic hydroxyl groups is 1. The highest BCUT2D eigenvalue weighted by Crippen LogP contribution is 2.49. The summed E-state index contributed by atoms with van der Waals surface area (Å²) in [5.41, 5.74) is 2.13. The van der Waals surface area contributed by atoms with Gasteiger partial charge in [-0.25, -0.2) is 4.79 Å². The molecule has 2 N–H and O–H groups in total.